The van der Waals surface area contributed by atoms with Gasteiger partial charge in [0.15, 0.2) is 0 Å². The molecule has 0 atom stereocenters. The average molecular weight is 299 g/mol. The Hall–Kier alpha value is -3.27. The fourth-order valence-corrected chi connectivity index (χ4v) is 2.41. The van der Waals surface area contributed by atoms with E-state index in [4.69, 9.17) is 9.40 Å². The van der Waals surface area contributed by atoms with Crippen LogP contribution in [0.2, 0.25) is 0 Å². The molecule has 0 aliphatic rings. The second-order valence-electron chi connectivity index (χ2n) is 5.03. The van der Waals surface area contributed by atoms with Crippen molar-refractivity contribution in [3.05, 3.63) is 79.3 Å². The maximum absolute atomic E-state index is 5.53. The minimum absolute atomic E-state index is 0.792. The molecule has 0 spiro atoms. The highest BCUT2D eigenvalue weighted by molar-refractivity contribution is 5.72. The summed E-state index contributed by atoms with van der Waals surface area (Å²) in [6, 6.07) is 19.3. The molecule has 4 heteroatoms. The van der Waals surface area contributed by atoms with Crippen LogP contribution < -0.4 is 0 Å². The molecule has 0 aliphatic carbocycles. The Kier molecular flexibility index (Phi) is 3.41. The van der Waals surface area contributed by atoms with Gasteiger partial charge >= 0.3 is 0 Å². The van der Waals surface area contributed by atoms with Crippen molar-refractivity contribution in [2.75, 3.05) is 0 Å². The molecule has 4 rings (SSSR count). The zero-order valence-corrected chi connectivity index (χ0v) is 12.3. The van der Waals surface area contributed by atoms with Crippen molar-refractivity contribution in [1.29, 1.82) is 0 Å². The summed E-state index contributed by atoms with van der Waals surface area (Å²) in [5, 5.41) is 0. The predicted octanol–water partition coefficient (Wildman–Crippen LogP) is 4.47. The monoisotopic (exact) mass is 299 g/mol. The van der Waals surface area contributed by atoms with E-state index in [1.54, 1.807) is 18.7 Å². The molecule has 0 radical (unpaired) electrons. The highest BCUT2D eigenvalue weighted by Gasteiger charge is 2.11. The summed E-state index contributed by atoms with van der Waals surface area (Å²) in [7, 11) is 0. The zero-order valence-electron chi connectivity index (χ0n) is 12.3. The Morgan fingerprint density at radius 3 is 1.78 bits per heavy atom. The smallest absolute Gasteiger partial charge is 0.134 e. The maximum Gasteiger partial charge on any atom is 0.134 e. The second-order valence-corrected chi connectivity index (χ2v) is 5.03. The van der Waals surface area contributed by atoms with Gasteiger partial charge in [-0.25, -0.2) is 4.98 Å². The molecule has 4 aromatic rings. The third-order valence-electron chi connectivity index (χ3n) is 3.49. The van der Waals surface area contributed by atoms with E-state index in [-0.39, 0.29) is 0 Å². The average Bonchev–Trinajstić information content (AvgIpc) is 3.18. The molecule has 4 heterocycles. The first-order valence-corrected chi connectivity index (χ1v) is 7.29. The van der Waals surface area contributed by atoms with E-state index in [1.807, 2.05) is 60.7 Å². The van der Waals surface area contributed by atoms with Crippen molar-refractivity contribution in [1.82, 2.24) is 15.0 Å². The van der Waals surface area contributed by atoms with Gasteiger partial charge < -0.3 is 4.42 Å². The fourth-order valence-electron chi connectivity index (χ4n) is 2.41. The highest BCUT2D eigenvalue weighted by atomic mass is 16.3. The fraction of sp³-hybridized carbons (Fsp3) is 0. The molecule has 0 bridgehead atoms. The van der Waals surface area contributed by atoms with E-state index >= 15 is 0 Å². The van der Waals surface area contributed by atoms with Crippen LogP contribution in [0.4, 0.5) is 0 Å². The van der Waals surface area contributed by atoms with E-state index in [1.165, 1.54) is 0 Å². The third-order valence-corrected chi connectivity index (χ3v) is 3.49. The molecule has 0 aromatic carbocycles. The Morgan fingerprint density at radius 1 is 0.652 bits per heavy atom. The molecular weight excluding hydrogens is 286 g/mol. The number of furan rings is 1. The van der Waals surface area contributed by atoms with E-state index in [9.17, 15) is 0 Å². The lowest BCUT2D eigenvalue weighted by atomic mass is 10.1. The summed E-state index contributed by atoms with van der Waals surface area (Å²) in [5.74, 6) is 0.793. The van der Waals surface area contributed by atoms with Crippen LogP contribution in [0, 0.1) is 0 Å². The quantitative estimate of drug-likeness (QED) is 0.560. The van der Waals surface area contributed by atoms with Crippen molar-refractivity contribution in [2.45, 2.75) is 0 Å². The largest absolute Gasteiger partial charge is 0.464 e. The Balaban J connectivity index is 1.91. The van der Waals surface area contributed by atoms with E-state index in [2.05, 4.69) is 9.97 Å². The molecule has 23 heavy (non-hydrogen) atoms. The number of nitrogens with zero attached hydrogens (tertiary/aromatic N) is 3. The van der Waals surface area contributed by atoms with E-state index < -0.39 is 0 Å². The summed E-state index contributed by atoms with van der Waals surface area (Å²) in [5.41, 5.74) is 4.17. The molecule has 0 unspecified atom stereocenters. The normalized spacial score (nSPS) is 10.6. The first-order valence-electron chi connectivity index (χ1n) is 7.29. The summed E-state index contributed by atoms with van der Waals surface area (Å²) in [4.78, 5) is 13.5. The number of rotatable bonds is 3. The number of aromatic nitrogens is 3. The molecule has 4 nitrogen and oxygen atoms in total. The van der Waals surface area contributed by atoms with Gasteiger partial charge in [0.25, 0.3) is 0 Å². The van der Waals surface area contributed by atoms with Crippen molar-refractivity contribution in [2.24, 2.45) is 0 Å². The first-order chi connectivity index (χ1) is 11.4. The number of pyridine rings is 3. The van der Waals surface area contributed by atoms with Crippen molar-refractivity contribution >= 4 is 0 Å². The van der Waals surface area contributed by atoms with Gasteiger partial charge in [0.2, 0.25) is 0 Å². The van der Waals surface area contributed by atoms with Crippen LogP contribution in [0.5, 0.6) is 0 Å². The van der Waals surface area contributed by atoms with Crippen LogP contribution in [-0.4, -0.2) is 15.0 Å². The van der Waals surface area contributed by atoms with Crippen LogP contribution in [-0.2, 0) is 0 Å². The van der Waals surface area contributed by atoms with Gasteiger partial charge in [0, 0.05) is 18.0 Å². The van der Waals surface area contributed by atoms with Gasteiger partial charge in [-0.05, 0) is 48.5 Å². The Bertz CT molecular complexity index is 846. The summed E-state index contributed by atoms with van der Waals surface area (Å²) < 4.78 is 5.53. The van der Waals surface area contributed by atoms with E-state index in [0.717, 1.165) is 34.1 Å². The Morgan fingerprint density at radius 2 is 1.30 bits per heavy atom. The molecule has 0 saturated heterocycles. The lowest BCUT2D eigenvalue weighted by molar-refractivity contribution is 0.582. The molecule has 0 aliphatic heterocycles. The number of hydrogen-bond acceptors (Lipinski definition) is 4. The van der Waals surface area contributed by atoms with Gasteiger partial charge in [0.05, 0.1) is 29.0 Å². The lowest BCUT2D eigenvalue weighted by Crippen LogP contribution is -1.93. The molecule has 0 N–H and O–H groups in total. The molecule has 4 aromatic heterocycles. The molecule has 0 fully saturated rings. The van der Waals surface area contributed by atoms with E-state index in [0.29, 0.717) is 0 Å². The lowest BCUT2D eigenvalue weighted by Gasteiger charge is -2.07. The first kappa shape index (κ1) is 13.4. The van der Waals surface area contributed by atoms with Gasteiger partial charge in [-0.15, -0.1) is 0 Å². The van der Waals surface area contributed by atoms with Crippen molar-refractivity contribution < 1.29 is 4.42 Å². The topological polar surface area (TPSA) is 51.8 Å². The van der Waals surface area contributed by atoms with Crippen LogP contribution >= 0.6 is 0 Å². The summed E-state index contributed by atoms with van der Waals surface area (Å²) >= 11 is 0. The highest BCUT2D eigenvalue weighted by Crippen LogP contribution is 2.28. The zero-order chi connectivity index (χ0) is 15.5. The van der Waals surface area contributed by atoms with Crippen LogP contribution in [0.25, 0.3) is 34.1 Å². The van der Waals surface area contributed by atoms with Crippen LogP contribution in [0.3, 0.4) is 0 Å². The van der Waals surface area contributed by atoms with Gasteiger partial charge in [-0.2, -0.15) is 0 Å². The summed E-state index contributed by atoms with van der Waals surface area (Å²) in [6.45, 7) is 0. The number of hydrogen-bond donors (Lipinski definition) is 0. The minimum Gasteiger partial charge on any atom is -0.464 e. The predicted molar refractivity (Wildman–Crippen MR) is 88.4 cm³/mol. The van der Waals surface area contributed by atoms with Gasteiger partial charge in [-0.3, -0.25) is 9.97 Å². The van der Waals surface area contributed by atoms with Gasteiger partial charge in [0.1, 0.15) is 5.76 Å². The third kappa shape index (κ3) is 2.74. The Labute approximate surface area is 133 Å². The van der Waals surface area contributed by atoms with Crippen LogP contribution in [0.15, 0.2) is 83.7 Å². The molecule has 0 amide bonds. The SMILES string of the molecule is c1ccc(-c2cc(-c3ccco3)cc(-c3ccccn3)n2)nc1. The maximum atomic E-state index is 5.53. The van der Waals surface area contributed by atoms with Crippen LogP contribution in [0.1, 0.15) is 0 Å². The standard InChI is InChI=1S/C19H13N3O/c1-3-9-20-15(6-1)17-12-14(19-8-5-11-23-19)13-18(22-17)16-7-2-4-10-21-16/h1-13H. The minimum atomic E-state index is 0.792. The molecule has 110 valence electrons. The van der Waals surface area contributed by atoms with Crippen molar-refractivity contribution in [3.63, 3.8) is 0 Å². The van der Waals surface area contributed by atoms with Gasteiger partial charge in [-0.1, -0.05) is 12.1 Å². The second kappa shape index (κ2) is 5.85. The molecule has 0 saturated carbocycles. The van der Waals surface area contributed by atoms with Crippen molar-refractivity contribution in [3.8, 4) is 34.1 Å². The molecular formula is C19H13N3O. The summed E-state index contributed by atoms with van der Waals surface area (Å²) in [6.07, 6.45) is 5.19.